The number of rotatable bonds is 3. The summed E-state index contributed by atoms with van der Waals surface area (Å²) in [5, 5.41) is 13.1. The summed E-state index contributed by atoms with van der Waals surface area (Å²) in [5.41, 5.74) is 1.82. The van der Waals surface area contributed by atoms with E-state index in [2.05, 4.69) is 11.4 Å². The van der Waals surface area contributed by atoms with E-state index in [0.717, 1.165) is 29.7 Å². The zero-order valence-corrected chi connectivity index (χ0v) is 14.3. The van der Waals surface area contributed by atoms with E-state index in [1.54, 1.807) is 17.4 Å². The summed E-state index contributed by atoms with van der Waals surface area (Å²) in [5.74, 6) is -0.0913. The fourth-order valence-corrected chi connectivity index (χ4v) is 5.07. The molecule has 0 aliphatic heterocycles. The third-order valence-corrected chi connectivity index (χ3v) is 6.19. The number of anilines is 1. The molecular weight excluding hydrogens is 336 g/mol. The number of carbonyl (C=O) groups is 1. The van der Waals surface area contributed by atoms with E-state index < -0.39 is 0 Å². The number of fused-ring (bicyclic) bond motifs is 1. The van der Waals surface area contributed by atoms with Gasteiger partial charge in [0.15, 0.2) is 0 Å². The Morgan fingerprint density at radius 1 is 1.27 bits per heavy atom. The van der Waals surface area contributed by atoms with Crippen LogP contribution in [0.2, 0.25) is 4.34 Å². The first-order valence-corrected chi connectivity index (χ1v) is 9.27. The lowest BCUT2D eigenvalue weighted by molar-refractivity contribution is -0.115. The van der Waals surface area contributed by atoms with Gasteiger partial charge in [-0.2, -0.15) is 5.26 Å². The number of nitriles is 1. The summed E-state index contributed by atoms with van der Waals surface area (Å²) in [6, 6.07) is 5.94. The monoisotopic (exact) mass is 350 g/mol. The Labute approximate surface area is 142 Å². The molecule has 0 fully saturated rings. The molecule has 0 aromatic carbocycles. The molecule has 0 unspecified atom stereocenters. The Hall–Kier alpha value is -1.35. The van der Waals surface area contributed by atoms with Crippen molar-refractivity contribution in [2.24, 2.45) is 0 Å². The Morgan fingerprint density at radius 2 is 2.09 bits per heavy atom. The number of thiophene rings is 2. The third-order valence-electron chi connectivity index (χ3n) is 3.75. The second kappa shape index (κ2) is 6.82. The lowest BCUT2D eigenvalue weighted by atomic mass is 10.1. The first-order chi connectivity index (χ1) is 10.7. The van der Waals surface area contributed by atoms with Gasteiger partial charge in [0.05, 0.1) is 16.3 Å². The molecule has 22 heavy (non-hydrogen) atoms. The highest BCUT2D eigenvalue weighted by Crippen LogP contribution is 2.37. The molecule has 0 radical (unpaired) electrons. The quantitative estimate of drug-likeness (QED) is 0.809. The molecule has 0 atom stereocenters. The van der Waals surface area contributed by atoms with Crippen molar-refractivity contribution >= 4 is 45.2 Å². The third kappa shape index (κ3) is 3.35. The summed E-state index contributed by atoms with van der Waals surface area (Å²) in [6.45, 7) is 0. The molecule has 1 N–H and O–H groups in total. The minimum absolute atomic E-state index is 0.0913. The maximum atomic E-state index is 12.2. The molecule has 2 aromatic heterocycles. The lowest BCUT2D eigenvalue weighted by Crippen LogP contribution is -2.13. The minimum Gasteiger partial charge on any atom is -0.316 e. The van der Waals surface area contributed by atoms with Crippen molar-refractivity contribution in [1.29, 1.82) is 5.26 Å². The van der Waals surface area contributed by atoms with Gasteiger partial charge < -0.3 is 5.32 Å². The summed E-state index contributed by atoms with van der Waals surface area (Å²) < 4.78 is 0.684. The highest BCUT2D eigenvalue weighted by molar-refractivity contribution is 7.17. The molecule has 2 heterocycles. The maximum absolute atomic E-state index is 12.2. The average Bonchev–Trinajstić information content (AvgIpc) is 2.94. The number of nitrogens with zero attached hydrogens (tertiary/aromatic N) is 1. The van der Waals surface area contributed by atoms with E-state index in [0.29, 0.717) is 21.3 Å². The molecule has 0 saturated heterocycles. The molecule has 3 rings (SSSR count). The van der Waals surface area contributed by atoms with Crippen molar-refractivity contribution in [3.63, 3.8) is 0 Å². The van der Waals surface area contributed by atoms with Gasteiger partial charge >= 0.3 is 0 Å². The molecule has 0 spiro atoms. The largest absolute Gasteiger partial charge is 0.316 e. The number of carbonyl (C=O) groups excluding carboxylic acids is 1. The van der Waals surface area contributed by atoms with E-state index in [4.69, 9.17) is 11.6 Å². The fraction of sp³-hybridized carbons (Fsp3) is 0.375. The van der Waals surface area contributed by atoms with Crippen molar-refractivity contribution in [3.05, 3.63) is 37.4 Å². The van der Waals surface area contributed by atoms with Gasteiger partial charge in [-0.05, 0) is 43.4 Å². The lowest BCUT2D eigenvalue weighted by Gasteiger charge is -2.03. The van der Waals surface area contributed by atoms with Crippen LogP contribution in [0.1, 0.15) is 40.1 Å². The van der Waals surface area contributed by atoms with E-state index in [9.17, 15) is 10.1 Å². The highest BCUT2D eigenvalue weighted by Gasteiger charge is 2.21. The van der Waals surface area contributed by atoms with E-state index in [1.165, 1.54) is 29.1 Å². The fourth-order valence-electron chi connectivity index (χ4n) is 2.72. The summed E-state index contributed by atoms with van der Waals surface area (Å²) in [7, 11) is 0. The average molecular weight is 351 g/mol. The normalized spacial score (nSPS) is 14.0. The summed E-state index contributed by atoms with van der Waals surface area (Å²) >= 11 is 8.86. The van der Waals surface area contributed by atoms with Crippen LogP contribution in [0.4, 0.5) is 5.00 Å². The molecule has 0 saturated carbocycles. The molecule has 0 bridgehead atoms. The first-order valence-electron chi connectivity index (χ1n) is 7.26. The number of hydrogen-bond acceptors (Lipinski definition) is 4. The SMILES string of the molecule is N#Cc1c(NC(=O)Cc2ccc(Cl)s2)sc2c1CCCCC2. The second-order valence-electron chi connectivity index (χ2n) is 5.31. The van der Waals surface area contributed by atoms with Crippen LogP contribution in [0.3, 0.4) is 0 Å². The van der Waals surface area contributed by atoms with E-state index in [-0.39, 0.29) is 5.91 Å². The number of hydrogen-bond donors (Lipinski definition) is 1. The molecule has 3 nitrogen and oxygen atoms in total. The van der Waals surface area contributed by atoms with Crippen molar-refractivity contribution in [3.8, 4) is 6.07 Å². The first kappa shape index (κ1) is 15.5. The predicted molar refractivity (Wildman–Crippen MR) is 92.0 cm³/mol. The second-order valence-corrected chi connectivity index (χ2v) is 8.22. The van der Waals surface area contributed by atoms with Gasteiger partial charge in [-0.1, -0.05) is 18.0 Å². The van der Waals surface area contributed by atoms with Crippen LogP contribution in [0, 0.1) is 11.3 Å². The number of amides is 1. The Balaban J connectivity index is 1.77. The van der Waals surface area contributed by atoms with Gasteiger partial charge in [-0.3, -0.25) is 4.79 Å². The molecule has 1 aliphatic rings. The van der Waals surface area contributed by atoms with Crippen molar-refractivity contribution in [1.82, 2.24) is 0 Å². The predicted octanol–water partition coefficient (Wildman–Crippen LogP) is 4.78. The van der Waals surface area contributed by atoms with Crippen LogP contribution in [-0.4, -0.2) is 5.91 Å². The molecule has 1 aliphatic carbocycles. The van der Waals surface area contributed by atoms with Gasteiger partial charge in [0.1, 0.15) is 11.1 Å². The van der Waals surface area contributed by atoms with Gasteiger partial charge in [-0.15, -0.1) is 22.7 Å². The summed E-state index contributed by atoms with van der Waals surface area (Å²) in [6.07, 6.45) is 5.77. The Kier molecular flexibility index (Phi) is 4.82. The van der Waals surface area contributed by atoms with Crippen LogP contribution in [-0.2, 0) is 24.1 Å². The van der Waals surface area contributed by atoms with Crippen molar-refractivity contribution in [2.45, 2.75) is 38.5 Å². The molecule has 2 aromatic rings. The van der Waals surface area contributed by atoms with Gasteiger partial charge in [0, 0.05) is 9.75 Å². The molecule has 1 amide bonds. The molecular formula is C16H15ClN2OS2. The number of halogens is 1. The van der Waals surface area contributed by atoms with Crippen LogP contribution < -0.4 is 5.32 Å². The van der Waals surface area contributed by atoms with Crippen molar-refractivity contribution in [2.75, 3.05) is 5.32 Å². The standard InChI is InChI=1S/C16H15ClN2OS2/c17-14-7-6-10(21-14)8-15(20)19-16-12(9-18)11-4-2-1-3-5-13(11)22-16/h6-7H,1-5,8H2,(H,19,20). The topological polar surface area (TPSA) is 52.9 Å². The van der Waals surface area contributed by atoms with Crippen molar-refractivity contribution < 1.29 is 4.79 Å². The van der Waals surface area contributed by atoms with Crippen LogP contribution >= 0.6 is 34.3 Å². The maximum Gasteiger partial charge on any atom is 0.230 e. The number of aryl methyl sites for hydroxylation is 1. The van der Waals surface area contributed by atoms with Crippen LogP contribution in [0.25, 0.3) is 0 Å². The molecule has 114 valence electrons. The van der Waals surface area contributed by atoms with Crippen LogP contribution in [0.5, 0.6) is 0 Å². The van der Waals surface area contributed by atoms with Gasteiger partial charge in [0.25, 0.3) is 0 Å². The Morgan fingerprint density at radius 3 is 2.82 bits per heavy atom. The molecule has 6 heteroatoms. The Bertz CT molecular complexity index is 742. The van der Waals surface area contributed by atoms with Gasteiger partial charge in [-0.25, -0.2) is 0 Å². The minimum atomic E-state index is -0.0913. The zero-order chi connectivity index (χ0) is 15.5. The zero-order valence-electron chi connectivity index (χ0n) is 11.9. The smallest absolute Gasteiger partial charge is 0.230 e. The van der Waals surface area contributed by atoms with E-state index >= 15 is 0 Å². The van der Waals surface area contributed by atoms with Gasteiger partial charge in [0.2, 0.25) is 5.91 Å². The highest BCUT2D eigenvalue weighted by atomic mass is 35.5. The van der Waals surface area contributed by atoms with Crippen LogP contribution in [0.15, 0.2) is 12.1 Å². The summed E-state index contributed by atoms with van der Waals surface area (Å²) in [4.78, 5) is 14.4. The van der Waals surface area contributed by atoms with E-state index in [1.807, 2.05) is 6.07 Å². The number of nitrogens with one attached hydrogen (secondary N) is 1.